The van der Waals surface area contributed by atoms with Gasteiger partial charge in [-0.15, -0.1) is 0 Å². The van der Waals surface area contributed by atoms with Crippen molar-refractivity contribution in [1.29, 1.82) is 0 Å². The van der Waals surface area contributed by atoms with Crippen LogP contribution in [0.2, 0.25) is 0 Å². The van der Waals surface area contributed by atoms with E-state index >= 15 is 0 Å². The van der Waals surface area contributed by atoms with E-state index in [1.54, 1.807) is 6.92 Å². The Balaban J connectivity index is 1.92. The molecule has 0 aliphatic heterocycles. The summed E-state index contributed by atoms with van der Waals surface area (Å²) in [5.41, 5.74) is -1.98. The predicted octanol–water partition coefficient (Wildman–Crippen LogP) is 5.79. The first kappa shape index (κ1) is 30.1. The van der Waals surface area contributed by atoms with Gasteiger partial charge >= 0.3 is 12.1 Å². The molecule has 6 nitrogen and oxygen atoms in total. The van der Waals surface area contributed by atoms with Crippen molar-refractivity contribution in [3.63, 3.8) is 0 Å². The normalized spacial score (nSPS) is 13.6. The van der Waals surface area contributed by atoms with Gasteiger partial charge in [0, 0.05) is 12.5 Å². The second-order valence-electron chi connectivity index (χ2n) is 9.66. The van der Waals surface area contributed by atoms with Crippen LogP contribution in [0.25, 0.3) is 5.52 Å². The topological polar surface area (TPSA) is 75.9 Å². The second kappa shape index (κ2) is 10.6. The van der Waals surface area contributed by atoms with Crippen molar-refractivity contribution >= 4 is 11.4 Å². The molecule has 3 rings (SSSR count). The first-order valence-corrected chi connectivity index (χ1v) is 11.6. The van der Waals surface area contributed by atoms with Crippen LogP contribution in [0, 0.1) is 31.3 Å². The maximum absolute atomic E-state index is 14.1. The molecule has 0 aliphatic carbocycles. The lowest BCUT2D eigenvalue weighted by Crippen LogP contribution is -2.50. The quantitative estimate of drug-likeness (QED) is 0.254. The number of aliphatic hydroxyl groups is 1. The highest BCUT2D eigenvalue weighted by molar-refractivity contribution is 6.02. The van der Waals surface area contributed by atoms with Crippen LogP contribution >= 0.6 is 0 Å². The summed E-state index contributed by atoms with van der Waals surface area (Å²) >= 11 is 0. The third kappa shape index (κ3) is 6.43. The number of benzene rings is 1. The van der Waals surface area contributed by atoms with Gasteiger partial charge in [0.05, 0.1) is 34.0 Å². The molecule has 1 unspecified atom stereocenters. The first-order chi connectivity index (χ1) is 17.8. The molecule has 1 atom stereocenters. The largest absolute Gasteiger partial charge is 0.473 e. The molecule has 0 fully saturated rings. The van der Waals surface area contributed by atoms with Gasteiger partial charge in [-0.3, -0.25) is 4.79 Å². The Bertz CT molecular complexity index is 1380. The number of amides is 1. The second-order valence-corrected chi connectivity index (χ2v) is 9.66. The fraction of sp³-hybridized carbons (Fsp3) is 0.440. The molecule has 0 saturated heterocycles. The molecular weight excluding hydrogens is 542 g/mol. The van der Waals surface area contributed by atoms with Crippen molar-refractivity contribution in [2.75, 3.05) is 0 Å². The molecule has 214 valence electrons. The number of carbonyl (C=O) groups is 1. The summed E-state index contributed by atoms with van der Waals surface area (Å²) in [6.07, 6.45) is -8.38. The van der Waals surface area contributed by atoms with Crippen LogP contribution < -0.4 is 10.1 Å². The van der Waals surface area contributed by atoms with Crippen molar-refractivity contribution in [1.82, 2.24) is 14.9 Å². The molecule has 0 spiro atoms. The summed E-state index contributed by atoms with van der Waals surface area (Å²) in [5.74, 6) is -9.83. The molecule has 14 heteroatoms. The minimum Gasteiger partial charge on any atom is -0.473 e. The molecule has 3 aromatic rings. The highest BCUT2D eigenvalue weighted by Crippen LogP contribution is 2.39. The van der Waals surface area contributed by atoms with Crippen molar-refractivity contribution in [3.05, 3.63) is 64.1 Å². The maximum atomic E-state index is 14.1. The summed E-state index contributed by atoms with van der Waals surface area (Å²) in [6, 6.07) is 2.75. The van der Waals surface area contributed by atoms with Crippen LogP contribution in [0.15, 0.2) is 24.3 Å². The number of hydrogen-bond donors (Lipinski definition) is 2. The zero-order valence-electron chi connectivity index (χ0n) is 21.2. The van der Waals surface area contributed by atoms with E-state index in [0.717, 1.165) is 24.4 Å². The lowest BCUT2D eigenvalue weighted by Gasteiger charge is -2.31. The number of nitrogens with one attached hydrogen (secondary N) is 1. The van der Waals surface area contributed by atoms with E-state index in [0.29, 0.717) is 11.6 Å². The molecule has 0 radical (unpaired) electrons. The lowest BCUT2D eigenvalue weighted by atomic mass is 9.92. The number of nitrogens with zero attached hydrogens (tertiary/aromatic N) is 2. The van der Waals surface area contributed by atoms with Gasteiger partial charge in [0.1, 0.15) is 12.4 Å². The smallest absolute Gasteiger partial charge is 0.453 e. The maximum Gasteiger partial charge on any atom is 0.453 e. The minimum absolute atomic E-state index is 0.0842. The van der Waals surface area contributed by atoms with Gasteiger partial charge in [0.25, 0.3) is 5.91 Å². The average molecular weight is 567 g/mol. The van der Waals surface area contributed by atoms with Crippen LogP contribution in [0.3, 0.4) is 0 Å². The third-order valence-electron chi connectivity index (χ3n) is 6.07. The van der Waals surface area contributed by atoms with E-state index in [1.807, 2.05) is 0 Å². The molecule has 0 aliphatic rings. The van der Waals surface area contributed by atoms with Gasteiger partial charge in [-0.2, -0.15) is 31.6 Å². The number of ether oxygens (including phenoxy) is 1. The number of hydrogen-bond acceptors (Lipinski definition) is 4. The summed E-state index contributed by atoms with van der Waals surface area (Å²) in [5, 5.41) is 16.9. The molecular formula is C25H25F8N3O3. The van der Waals surface area contributed by atoms with Gasteiger partial charge in [0.2, 0.25) is 5.88 Å². The monoisotopic (exact) mass is 567 g/mol. The van der Waals surface area contributed by atoms with E-state index in [-0.39, 0.29) is 22.7 Å². The van der Waals surface area contributed by atoms with E-state index in [2.05, 4.69) is 10.4 Å². The van der Waals surface area contributed by atoms with E-state index < -0.39 is 72.1 Å². The molecule has 39 heavy (non-hydrogen) atoms. The molecule has 2 aromatic heterocycles. The zero-order valence-corrected chi connectivity index (χ0v) is 21.2. The van der Waals surface area contributed by atoms with Gasteiger partial charge in [-0.05, 0) is 57.9 Å². The van der Waals surface area contributed by atoms with E-state index in [4.69, 9.17) is 4.74 Å². The number of rotatable bonds is 9. The number of aryl methyl sites for hydroxylation is 2. The summed E-state index contributed by atoms with van der Waals surface area (Å²) in [7, 11) is 0. The minimum atomic E-state index is -5.80. The van der Waals surface area contributed by atoms with Crippen LogP contribution in [-0.4, -0.2) is 44.4 Å². The van der Waals surface area contributed by atoms with Gasteiger partial charge in [-0.1, -0.05) is 0 Å². The van der Waals surface area contributed by atoms with Crippen molar-refractivity contribution in [3.8, 4) is 5.88 Å². The number of carbonyl (C=O) groups excluding carboxylic acids is 1. The number of pyridine rings is 1. The highest BCUT2D eigenvalue weighted by atomic mass is 19.4. The molecule has 2 N–H and O–H groups in total. The molecule has 2 heterocycles. The van der Waals surface area contributed by atoms with E-state index in [9.17, 15) is 45.0 Å². The van der Waals surface area contributed by atoms with Crippen LogP contribution in [0.1, 0.15) is 53.9 Å². The standard InChI is InChI=1S/C25H25F8N3O3/c1-12-9-17-20(22(37)34-18(23(3,4)38)7-8-24(29,30)25(31,32)33)13(2)35-36(17)19(10-12)39-11-14-15(26)5-6-16(27)21(14)28/h5-6,9-10,18,38H,7-8,11H2,1-4H3,(H,34,37). The Kier molecular flexibility index (Phi) is 8.21. The number of alkyl halides is 5. The predicted molar refractivity (Wildman–Crippen MR) is 123 cm³/mol. The van der Waals surface area contributed by atoms with Crippen LogP contribution in [-0.2, 0) is 6.61 Å². The van der Waals surface area contributed by atoms with Crippen LogP contribution in [0.5, 0.6) is 5.88 Å². The number of halogens is 8. The fourth-order valence-corrected chi connectivity index (χ4v) is 3.89. The molecule has 1 aromatic carbocycles. The molecule has 1 amide bonds. The number of aromatic nitrogens is 2. The van der Waals surface area contributed by atoms with Gasteiger partial charge in [-0.25, -0.2) is 13.2 Å². The Hall–Kier alpha value is -3.42. The zero-order chi connectivity index (χ0) is 29.5. The van der Waals surface area contributed by atoms with Crippen molar-refractivity contribution in [2.45, 2.75) is 70.9 Å². The van der Waals surface area contributed by atoms with Gasteiger partial charge < -0.3 is 15.2 Å². The number of fused-ring (bicyclic) bond motifs is 1. The Labute approximate surface area is 217 Å². The molecule has 0 saturated carbocycles. The first-order valence-electron chi connectivity index (χ1n) is 11.6. The Morgan fingerprint density at radius 3 is 2.28 bits per heavy atom. The van der Waals surface area contributed by atoms with Crippen molar-refractivity contribution < 1.29 is 49.8 Å². The van der Waals surface area contributed by atoms with Gasteiger partial charge in [0.15, 0.2) is 11.6 Å². The van der Waals surface area contributed by atoms with E-state index in [1.165, 1.54) is 19.1 Å². The third-order valence-corrected chi connectivity index (χ3v) is 6.07. The Morgan fingerprint density at radius 2 is 1.69 bits per heavy atom. The summed E-state index contributed by atoms with van der Waals surface area (Å²) < 4.78 is 113. The molecule has 0 bridgehead atoms. The fourth-order valence-electron chi connectivity index (χ4n) is 3.89. The Morgan fingerprint density at radius 1 is 1.08 bits per heavy atom. The van der Waals surface area contributed by atoms with Crippen molar-refractivity contribution in [2.24, 2.45) is 0 Å². The highest BCUT2D eigenvalue weighted by Gasteiger charge is 2.57. The summed E-state index contributed by atoms with van der Waals surface area (Å²) in [4.78, 5) is 13.2. The average Bonchev–Trinajstić information content (AvgIpc) is 3.13. The summed E-state index contributed by atoms with van der Waals surface area (Å²) in [6.45, 7) is 4.56. The van der Waals surface area contributed by atoms with Crippen LogP contribution in [0.4, 0.5) is 35.1 Å². The lowest BCUT2D eigenvalue weighted by molar-refractivity contribution is -0.285. The SMILES string of the molecule is Cc1cc(OCc2c(F)ccc(F)c2F)n2nc(C)c(C(=O)NC(CCC(F)(F)C(F)(F)F)C(C)(C)O)c2c1.